The third kappa shape index (κ3) is 14.7. The highest BCUT2D eigenvalue weighted by molar-refractivity contribution is 7.89. The predicted octanol–water partition coefficient (Wildman–Crippen LogP) is 9.74. The Morgan fingerprint density at radius 3 is 1.52 bits per heavy atom. The lowest BCUT2D eigenvalue weighted by atomic mass is 10.1. The largest absolute Gasteiger partial charge is 0.507 e. The highest BCUT2D eigenvalue weighted by atomic mass is 32.2. The number of hydrogen-bond donors (Lipinski definition) is 10. The fourth-order valence-electron chi connectivity index (χ4n) is 9.58. The van der Waals surface area contributed by atoms with E-state index in [9.17, 15) is 52.5 Å². The van der Waals surface area contributed by atoms with E-state index in [0.717, 1.165) is 17.7 Å². The summed E-state index contributed by atoms with van der Waals surface area (Å²) in [7, 11) is -3.89. The van der Waals surface area contributed by atoms with E-state index in [1.54, 1.807) is 67.6 Å². The molecule has 0 atom stereocenters. The minimum Gasteiger partial charge on any atom is -0.507 e. The number of nitrogens with two attached hydrogens (primary N) is 1. The van der Waals surface area contributed by atoms with Crippen LogP contribution in [0.1, 0.15) is 91.5 Å². The van der Waals surface area contributed by atoms with Crippen molar-refractivity contribution >= 4 is 112 Å². The van der Waals surface area contributed by atoms with Gasteiger partial charge in [-0.1, -0.05) is 50.2 Å². The number of benzene rings is 6. The normalized spacial score (nSPS) is 11.3. The van der Waals surface area contributed by atoms with Crippen LogP contribution in [0, 0.1) is 5.92 Å². The third-order valence-electron chi connectivity index (χ3n) is 13.9. The number of sulfonamides is 1. The Labute approximate surface area is 519 Å². The molecule has 4 aromatic heterocycles. The summed E-state index contributed by atoms with van der Waals surface area (Å²) < 4.78 is 41.0. The van der Waals surface area contributed by atoms with Gasteiger partial charge in [0, 0.05) is 64.5 Å². The summed E-state index contributed by atoms with van der Waals surface area (Å²) in [6, 6.07) is 36.0. The van der Waals surface area contributed by atoms with Gasteiger partial charge in [-0.2, -0.15) is 0 Å². The maximum absolute atomic E-state index is 14.4. The van der Waals surface area contributed by atoms with Crippen LogP contribution in [0.15, 0.2) is 150 Å². The minimum absolute atomic E-state index is 0.000850. The van der Waals surface area contributed by atoms with Gasteiger partial charge in [-0.3, -0.25) is 19.2 Å². The molecule has 91 heavy (non-hydrogen) atoms. The Balaban J connectivity index is 0.802. The summed E-state index contributed by atoms with van der Waals surface area (Å²) in [6.45, 7) is 6.96. The number of carboxylic acids is 1. The number of urea groups is 1. The number of ether oxygens (including phenoxy) is 3. The zero-order chi connectivity index (χ0) is 64.5. The quantitative estimate of drug-likeness (QED) is 0.0266. The molecule has 10 rings (SSSR count). The van der Waals surface area contributed by atoms with Gasteiger partial charge in [-0.25, -0.2) is 43.1 Å². The monoisotopic (exact) mass is 1250 g/mol. The number of hydrogen-bond acceptors (Lipinski definition) is 17. The highest BCUT2D eigenvalue weighted by Gasteiger charge is 2.23. The molecule has 0 fully saturated rings. The molecule has 0 saturated carbocycles. The van der Waals surface area contributed by atoms with Crippen molar-refractivity contribution in [1.29, 1.82) is 0 Å². The van der Waals surface area contributed by atoms with Gasteiger partial charge in [-0.05, 0) is 116 Å². The highest BCUT2D eigenvalue weighted by Crippen LogP contribution is 2.36. The molecule has 4 heterocycles. The van der Waals surface area contributed by atoms with Gasteiger partial charge in [0.1, 0.15) is 45.8 Å². The molecule has 0 spiro atoms. The first-order valence-electron chi connectivity index (χ1n) is 28.4. The van der Waals surface area contributed by atoms with E-state index >= 15 is 0 Å². The number of fused-ring (bicyclic) bond motifs is 4. The first-order valence-corrected chi connectivity index (χ1v) is 30.0. The molecular weight excluding hydrogens is 1190 g/mol. The maximum Gasteiger partial charge on any atom is 0.354 e. The van der Waals surface area contributed by atoms with E-state index in [1.807, 2.05) is 19.9 Å². The Hall–Kier alpha value is -11.5. The van der Waals surface area contributed by atoms with E-state index in [0.29, 0.717) is 41.7 Å². The molecule has 0 bridgehead atoms. The molecule has 26 heteroatoms. The zero-order valence-electron chi connectivity index (χ0n) is 49.0. The van der Waals surface area contributed by atoms with E-state index in [1.165, 1.54) is 66.7 Å². The van der Waals surface area contributed by atoms with Gasteiger partial charge in [-0.15, -0.1) is 0 Å². The first-order chi connectivity index (χ1) is 43.7. The van der Waals surface area contributed by atoms with Crippen LogP contribution < -0.4 is 51.3 Å². The van der Waals surface area contributed by atoms with E-state index in [2.05, 4.69) is 46.9 Å². The van der Waals surface area contributed by atoms with Crippen molar-refractivity contribution in [2.45, 2.75) is 45.1 Å². The summed E-state index contributed by atoms with van der Waals surface area (Å²) in [5, 5.41) is 55.4. The van der Waals surface area contributed by atoms with Crippen LogP contribution in [0.5, 0.6) is 28.7 Å². The molecule has 0 aliphatic carbocycles. The molecular formula is C65H59N11O14S. The summed E-state index contributed by atoms with van der Waals surface area (Å²) >= 11 is 0. The molecule has 25 nitrogen and oxygen atoms in total. The summed E-state index contributed by atoms with van der Waals surface area (Å²) in [5.41, 5.74) is 0.943. The van der Waals surface area contributed by atoms with Crippen LogP contribution in [-0.4, -0.2) is 106 Å². The molecule has 0 aliphatic heterocycles. The summed E-state index contributed by atoms with van der Waals surface area (Å²) in [4.78, 5) is 98.4. The van der Waals surface area contributed by atoms with E-state index in [4.69, 9.17) is 24.3 Å². The van der Waals surface area contributed by atoms with E-state index < -0.39 is 45.7 Å². The van der Waals surface area contributed by atoms with Crippen LogP contribution in [0.4, 0.5) is 27.5 Å². The number of carboxylic acid groups (broad SMARTS) is 1. The number of aromatic hydroxyl groups is 2. The lowest BCUT2D eigenvalue weighted by Gasteiger charge is -2.16. The number of rotatable bonds is 23. The zero-order valence-corrected chi connectivity index (χ0v) is 49.8. The number of nitrogens with zero attached hydrogens (tertiary/aromatic N) is 4. The molecule has 6 aromatic carbocycles. The molecule has 6 amide bonds. The average molecular weight is 1250 g/mol. The lowest BCUT2D eigenvalue weighted by molar-refractivity contribution is 0.0689. The standard InChI is InChI=1S/C65H59N11O14S/c1-4-88-54-32-51(64(83)84)72-58-42(54)16-10-20-46(58)75-62(81)49-30-53(78)40-14-8-18-44(56(40)70-49)73-61(80)48-29-52(77)41-15-9-19-45(57(41)69-48)74-63(82)50-31-55(90-34-35(2)3)43-17-11-21-47(59(43)71-50)76-65(85)67-26-5-6-27-89-38-13-7-12-36(28-38)33-68-60(79)37-22-24-39(25-23-37)91(66,86)87/h7-25,28-32,35H,4-6,26-27,33-34H2,1-3H3,(H,68,79)(H,69,77)(H,70,78)(H,73,80)(H,74,82)(H,75,81)(H,83,84)(H2,66,86,87)(H2,67,76,85). The van der Waals surface area contributed by atoms with Gasteiger partial charge >= 0.3 is 12.0 Å². The lowest BCUT2D eigenvalue weighted by Crippen LogP contribution is -2.29. The summed E-state index contributed by atoms with van der Waals surface area (Å²) in [5.74, 6) is -3.60. The van der Waals surface area contributed by atoms with Crippen molar-refractivity contribution in [3.63, 3.8) is 0 Å². The van der Waals surface area contributed by atoms with E-state index in [-0.39, 0.29) is 138 Å². The Morgan fingerprint density at radius 2 is 1.00 bits per heavy atom. The summed E-state index contributed by atoms with van der Waals surface area (Å²) in [6.07, 6.45) is 1.12. The fourth-order valence-corrected chi connectivity index (χ4v) is 10.1. The smallest absolute Gasteiger partial charge is 0.354 e. The first kappa shape index (κ1) is 62.5. The average Bonchev–Trinajstić information content (AvgIpc) is 0.881. The number of para-hydroxylation sites is 4. The van der Waals surface area contributed by atoms with Crippen molar-refractivity contribution in [1.82, 2.24) is 30.6 Å². The topological polar surface area (TPSA) is 375 Å². The predicted molar refractivity (Wildman–Crippen MR) is 340 cm³/mol. The van der Waals surface area contributed by atoms with Crippen molar-refractivity contribution in [2.75, 3.05) is 47.6 Å². The number of amides is 6. The molecule has 0 unspecified atom stereocenters. The van der Waals surface area contributed by atoms with Crippen LogP contribution in [-0.2, 0) is 16.6 Å². The van der Waals surface area contributed by atoms with Crippen molar-refractivity contribution in [3.05, 3.63) is 179 Å². The fraction of sp³-hybridized carbons (Fsp3) is 0.169. The van der Waals surface area contributed by atoms with Crippen LogP contribution in [0.2, 0.25) is 0 Å². The number of pyridine rings is 4. The number of nitrogens with one attached hydrogen (secondary N) is 6. The molecule has 10 aromatic rings. The second-order valence-corrected chi connectivity index (χ2v) is 22.6. The Kier molecular flexibility index (Phi) is 18.7. The Morgan fingerprint density at radius 1 is 0.527 bits per heavy atom. The van der Waals surface area contributed by atoms with Gasteiger partial charge in [0.05, 0.1) is 69.5 Å². The van der Waals surface area contributed by atoms with Crippen molar-refractivity contribution in [3.8, 4) is 28.7 Å². The molecule has 0 aliphatic rings. The molecule has 11 N–H and O–H groups in total. The number of primary sulfonamides is 1. The number of carbonyl (C=O) groups is 6. The maximum atomic E-state index is 14.4. The van der Waals surface area contributed by atoms with Crippen LogP contribution >= 0.6 is 0 Å². The van der Waals surface area contributed by atoms with Crippen LogP contribution in [0.3, 0.4) is 0 Å². The number of unbranched alkanes of at least 4 members (excludes halogenated alkanes) is 1. The van der Waals surface area contributed by atoms with Gasteiger partial charge < -0.3 is 61.4 Å². The van der Waals surface area contributed by atoms with Gasteiger partial charge in [0.2, 0.25) is 10.0 Å². The van der Waals surface area contributed by atoms with Crippen molar-refractivity contribution < 1.29 is 66.7 Å². The minimum atomic E-state index is -3.89. The second kappa shape index (κ2) is 27.3. The number of anilines is 4. The van der Waals surface area contributed by atoms with Crippen LogP contribution in [0.25, 0.3) is 43.6 Å². The number of aromatic carboxylic acids is 1. The third-order valence-corrected chi connectivity index (χ3v) is 14.9. The van der Waals surface area contributed by atoms with Crippen molar-refractivity contribution in [2.24, 2.45) is 11.1 Å². The molecule has 0 radical (unpaired) electrons. The molecule has 0 saturated heterocycles. The number of carbonyl (C=O) groups excluding carboxylic acids is 5. The molecule has 464 valence electrons. The van der Waals surface area contributed by atoms with Gasteiger partial charge in [0.25, 0.3) is 23.6 Å². The Bertz CT molecular complexity index is 4650. The number of aromatic nitrogens is 4. The SMILES string of the molecule is CCOc1cc(C(=O)O)nc2c(NC(=O)c3cc(O)c4cccc(NC(=O)c5cc(O)c6cccc(NC(=O)c7cc(OCC(C)C)c8cccc(NC(=O)NCCCCOc9cccc(CNC(=O)c%10ccc(S(N)(=O)=O)cc%10)c9)c8n7)c6n5)c4n3)cccc12. The van der Waals surface area contributed by atoms with Gasteiger partial charge in [0.15, 0.2) is 5.69 Å². The second-order valence-electron chi connectivity index (χ2n) is 21.0.